The highest BCUT2D eigenvalue weighted by atomic mass is 16.5. The average Bonchev–Trinajstić information content (AvgIpc) is 2.77. The maximum Gasteiger partial charge on any atom is 0.257 e. The van der Waals surface area contributed by atoms with Crippen LogP contribution in [0.25, 0.3) is 5.70 Å². The van der Waals surface area contributed by atoms with Crippen molar-refractivity contribution in [3.63, 3.8) is 0 Å². The van der Waals surface area contributed by atoms with Crippen molar-refractivity contribution in [2.75, 3.05) is 12.4 Å². The fraction of sp³-hybridized carbons (Fsp3) is 0.158. The predicted molar refractivity (Wildman–Crippen MR) is 95.5 cm³/mol. The van der Waals surface area contributed by atoms with E-state index >= 15 is 0 Å². The summed E-state index contributed by atoms with van der Waals surface area (Å²) in [6.45, 7) is 1.40. The number of carbonyl (C=O) groups is 2. The minimum atomic E-state index is -0.793. The molecule has 0 fully saturated rings. The molecule has 0 unspecified atom stereocenters. The van der Waals surface area contributed by atoms with E-state index in [0.29, 0.717) is 22.6 Å². The molecular formula is C19H19N3O3. The van der Waals surface area contributed by atoms with Gasteiger partial charge in [-0.3, -0.25) is 9.59 Å². The second kappa shape index (κ2) is 7.19. The number of rotatable bonds is 4. The predicted octanol–water partition coefficient (Wildman–Crippen LogP) is 2.32. The molecule has 0 radical (unpaired) electrons. The third-order valence-electron chi connectivity index (χ3n) is 3.84. The van der Waals surface area contributed by atoms with E-state index in [4.69, 9.17) is 4.74 Å². The Balaban J connectivity index is 2.15. The number of amides is 2. The van der Waals surface area contributed by atoms with Gasteiger partial charge in [-0.1, -0.05) is 42.5 Å². The first kappa shape index (κ1) is 16.7. The number of nitrogens with one attached hydrogen (secondary N) is 3. The number of benzene rings is 2. The Labute approximate surface area is 145 Å². The third kappa shape index (κ3) is 3.54. The van der Waals surface area contributed by atoms with Crippen LogP contribution in [0.4, 0.5) is 5.69 Å². The lowest BCUT2D eigenvalue weighted by Crippen LogP contribution is -2.42. The molecule has 2 aromatic rings. The normalized spacial score (nSPS) is 14.7. The van der Waals surface area contributed by atoms with E-state index < -0.39 is 6.23 Å². The molecule has 1 aliphatic heterocycles. The van der Waals surface area contributed by atoms with Gasteiger partial charge in [-0.2, -0.15) is 0 Å². The van der Waals surface area contributed by atoms with Crippen LogP contribution in [0.1, 0.15) is 22.8 Å². The largest absolute Gasteiger partial charge is 0.356 e. The Hall–Kier alpha value is -3.12. The molecule has 0 saturated carbocycles. The first-order valence-electron chi connectivity index (χ1n) is 7.87. The van der Waals surface area contributed by atoms with Gasteiger partial charge >= 0.3 is 0 Å². The van der Waals surface area contributed by atoms with Crippen LogP contribution in [-0.4, -0.2) is 25.2 Å². The molecule has 3 rings (SSSR count). The zero-order valence-corrected chi connectivity index (χ0v) is 14.0. The molecule has 0 spiro atoms. The maximum atomic E-state index is 12.6. The van der Waals surface area contributed by atoms with Crippen LogP contribution in [0.3, 0.4) is 0 Å². The summed E-state index contributed by atoms with van der Waals surface area (Å²) in [6, 6.07) is 16.8. The van der Waals surface area contributed by atoms with Crippen molar-refractivity contribution < 1.29 is 14.3 Å². The second-order valence-corrected chi connectivity index (χ2v) is 5.60. The van der Waals surface area contributed by atoms with E-state index in [9.17, 15) is 9.59 Å². The SMILES string of the molecule is CO[C@H](NC(C)=O)C1=C(c2ccccc2)Nc2ccccc2C(=O)N1. The molecule has 3 N–H and O–H groups in total. The van der Waals surface area contributed by atoms with Gasteiger partial charge in [-0.05, 0) is 17.7 Å². The number of hydrogen-bond acceptors (Lipinski definition) is 4. The Morgan fingerprint density at radius 1 is 1.04 bits per heavy atom. The van der Waals surface area contributed by atoms with Crippen LogP contribution in [0.5, 0.6) is 0 Å². The molecular weight excluding hydrogens is 318 g/mol. The van der Waals surface area contributed by atoms with Crippen LogP contribution in [0, 0.1) is 0 Å². The number of para-hydroxylation sites is 1. The highest BCUT2D eigenvalue weighted by molar-refractivity contribution is 6.05. The summed E-state index contributed by atoms with van der Waals surface area (Å²) in [5.74, 6) is -0.529. The van der Waals surface area contributed by atoms with Crippen LogP contribution >= 0.6 is 0 Å². The van der Waals surface area contributed by atoms with E-state index in [1.54, 1.807) is 12.1 Å². The molecule has 128 valence electrons. The Morgan fingerprint density at radius 3 is 2.40 bits per heavy atom. The van der Waals surface area contributed by atoms with Crippen LogP contribution in [0.2, 0.25) is 0 Å². The molecule has 0 saturated heterocycles. The van der Waals surface area contributed by atoms with Crippen molar-refractivity contribution in [3.05, 3.63) is 71.4 Å². The van der Waals surface area contributed by atoms with E-state index in [1.807, 2.05) is 42.5 Å². The summed E-state index contributed by atoms with van der Waals surface area (Å²) >= 11 is 0. The van der Waals surface area contributed by atoms with Crippen molar-refractivity contribution in [3.8, 4) is 0 Å². The standard InChI is InChI=1S/C19H19N3O3/c1-12(23)20-19(25-2)17-16(13-8-4-3-5-9-13)21-15-11-7-6-10-14(15)18(24)22-17/h3-11,19,21H,1-2H3,(H,20,23)(H,22,24)/t19-/m0/s1. The smallest absolute Gasteiger partial charge is 0.257 e. The molecule has 1 heterocycles. The molecule has 2 aromatic carbocycles. The van der Waals surface area contributed by atoms with Crippen molar-refractivity contribution in [1.29, 1.82) is 0 Å². The molecule has 0 bridgehead atoms. The van der Waals surface area contributed by atoms with E-state index in [1.165, 1.54) is 14.0 Å². The van der Waals surface area contributed by atoms with Gasteiger partial charge in [0.15, 0.2) is 6.23 Å². The van der Waals surface area contributed by atoms with Gasteiger partial charge in [0, 0.05) is 14.0 Å². The maximum absolute atomic E-state index is 12.6. The molecule has 25 heavy (non-hydrogen) atoms. The number of carbonyl (C=O) groups excluding carboxylic acids is 2. The highest BCUT2D eigenvalue weighted by Crippen LogP contribution is 2.28. The van der Waals surface area contributed by atoms with E-state index in [0.717, 1.165) is 5.56 Å². The zero-order valence-electron chi connectivity index (χ0n) is 14.0. The lowest BCUT2D eigenvalue weighted by molar-refractivity contribution is -0.121. The fourth-order valence-electron chi connectivity index (χ4n) is 2.71. The van der Waals surface area contributed by atoms with Crippen molar-refractivity contribution >= 4 is 23.2 Å². The Kier molecular flexibility index (Phi) is 4.81. The highest BCUT2D eigenvalue weighted by Gasteiger charge is 2.27. The number of methoxy groups -OCH3 is 1. The Morgan fingerprint density at radius 2 is 1.72 bits per heavy atom. The lowest BCUT2D eigenvalue weighted by atomic mass is 10.1. The van der Waals surface area contributed by atoms with Crippen LogP contribution < -0.4 is 16.0 Å². The first-order valence-corrected chi connectivity index (χ1v) is 7.87. The molecule has 1 atom stereocenters. The molecule has 6 nitrogen and oxygen atoms in total. The Bertz CT molecular complexity index is 831. The minimum Gasteiger partial charge on any atom is -0.356 e. The van der Waals surface area contributed by atoms with E-state index in [-0.39, 0.29) is 11.8 Å². The average molecular weight is 337 g/mol. The van der Waals surface area contributed by atoms with Gasteiger partial charge in [0.1, 0.15) is 0 Å². The molecule has 0 aliphatic carbocycles. The quantitative estimate of drug-likeness (QED) is 0.748. The number of hydrogen-bond donors (Lipinski definition) is 3. The van der Waals surface area contributed by atoms with Gasteiger partial charge in [0.2, 0.25) is 5.91 Å². The number of fused-ring (bicyclic) bond motifs is 1. The van der Waals surface area contributed by atoms with Crippen LogP contribution in [-0.2, 0) is 9.53 Å². The third-order valence-corrected chi connectivity index (χ3v) is 3.84. The summed E-state index contributed by atoms with van der Waals surface area (Å²) in [5.41, 5.74) is 3.18. The second-order valence-electron chi connectivity index (χ2n) is 5.60. The van der Waals surface area contributed by atoms with Gasteiger partial charge in [0.05, 0.1) is 22.6 Å². The molecule has 0 aromatic heterocycles. The summed E-state index contributed by atoms with van der Waals surface area (Å²) in [7, 11) is 1.47. The monoisotopic (exact) mass is 337 g/mol. The van der Waals surface area contributed by atoms with Crippen molar-refractivity contribution in [2.45, 2.75) is 13.2 Å². The van der Waals surface area contributed by atoms with Gasteiger partial charge in [0.25, 0.3) is 5.91 Å². The number of ether oxygens (including phenoxy) is 1. The van der Waals surface area contributed by atoms with Gasteiger partial charge in [-0.15, -0.1) is 0 Å². The van der Waals surface area contributed by atoms with Crippen LogP contribution in [0.15, 0.2) is 60.3 Å². The lowest BCUT2D eigenvalue weighted by Gasteiger charge is -2.23. The summed E-state index contributed by atoms with van der Waals surface area (Å²) < 4.78 is 5.41. The summed E-state index contributed by atoms with van der Waals surface area (Å²) in [5, 5.41) is 8.89. The fourth-order valence-corrected chi connectivity index (χ4v) is 2.71. The molecule has 1 aliphatic rings. The molecule has 2 amide bonds. The van der Waals surface area contributed by atoms with Crippen molar-refractivity contribution in [1.82, 2.24) is 10.6 Å². The number of anilines is 1. The minimum absolute atomic E-state index is 0.261. The zero-order chi connectivity index (χ0) is 17.8. The van der Waals surface area contributed by atoms with Gasteiger partial charge < -0.3 is 20.7 Å². The summed E-state index contributed by atoms with van der Waals surface area (Å²) in [4.78, 5) is 24.2. The first-order chi connectivity index (χ1) is 12.1. The van der Waals surface area contributed by atoms with Crippen molar-refractivity contribution in [2.24, 2.45) is 0 Å². The van der Waals surface area contributed by atoms with E-state index in [2.05, 4.69) is 16.0 Å². The summed E-state index contributed by atoms with van der Waals surface area (Å²) in [6.07, 6.45) is -0.793. The molecule has 6 heteroatoms. The van der Waals surface area contributed by atoms with Gasteiger partial charge in [-0.25, -0.2) is 0 Å². The topological polar surface area (TPSA) is 79.5 Å².